The lowest BCUT2D eigenvalue weighted by Gasteiger charge is -2.25. The fourth-order valence-corrected chi connectivity index (χ4v) is 4.04. The van der Waals surface area contributed by atoms with Crippen LogP contribution in [0.5, 0.6) is 0 Å². The Hall–Kier alpha value is -0.630. The molecule has 0 aliphatic heterocycles. The van der Waals surface area contributed by atoms with Crippen molar-refractivity contribution in [3.8, 4) is 0 Å². The second-order valence-electron chi connectivity index (χ2n) is 5.06. The number of carboxylic acid groups (broad SMARTS) is 1. The molecule has 116 valence electrons. The molecule has 5 nitrogen and oxygen atoms in total. The van der Waals surface area contributed by atoms with Crippen LogP contribution in [0.2, 0.25) is 5.02 Å². The highest BCUT2D eigenvalue weighted by atomic mass is 79.9. The Morgan fingerprint density at radius 2 is 2.10 bits per heavy atom. The summed E-state index contributed by atoms with van der Waals surface area (Å²) in [5.74, 6) is -0.675. The van der Waals surface area contributed by atoms with E-state index in [1.807, 2.05) is 0 Å². The van der Waals surface area contributed by atoms with Crippen molar-refractivity contribution in [1.29, 1.82) is 0 Å². The fraction of sp³-hybridized carbons (Fsp3) is 0.462. The number of hydrogen-bond acceptors (Lipinski definition) is 3. The summed E-state index contributed by atoms with van der Waals surface area (Å²) >= 11 is 8.92. The first-order valence-electron chi connectivity index (χ1n) is 6.53. The number of benzene rings is 1. The van der Waals surface area contributed by atoms with Crippen LogP contribution in [0.15, 0.2) is 21.5 Å². The van der Waals surface area contributed by atoms with Gasteiger partial charge in [0.15, 0.2) is 0 Å². The number of sulfonamides is 1. The Balaban J connectivity index is 2.16. The van der Waals surface area contributed by atoms with Gasteiger partial charge in [0.25, 0.3) is 0 Å². The zero-order chi connectivity index (χ0) is 15.6. The van der Waals surface area contributed by atoms with E-state index in [0.717, 1.165) is 25.3 Å². The topological polar surface area (TPSA) is 83.5 Å². The smallest absolute Gasteiger partial charge is 0.337 e. The van der Waals surface area contributed by atoms with Gasteiger partial charge in [0, 0.05) is 11.0 Å². The summed E-state index contributed by atoms with van der Waals surface area (Å²) in [5, 5.41) is 9.03. The van der Waals surface area contributed by atoms with E-state index in [9.17, 15) is 13.2 Å². The predicted molar refractivity (Wildman–Crippen MR) is 83.3 cm³/mol. The normalized spacial score (nSPS) is 15.7. The second kappa shape index (κ2) is 6.64. The zero-order valence-corrected chi connectivity index (χ0v) is 14.3. The molecule has 1 aromatic carbocycles. The molecule has 1 aliphatic carbocycles. The van der Waals surface area contributed by atoms with Crippen molar-refractivity contribution in [1.82, 2.24) is 4.72 Å². The van der Waals surface area contributed by atoms with Crippen LogP contribution < -0.4 is 4.72 Å². The Morgan fingerprint density at radius 1 is 1.43 bits per heavy atom. The third-order valence-corrected chi connectivity index (χ3v) is 6.31. The molecule has 1 fully saturated rings. The maximum absolute atomic E-state index is 12.2. The van der Waals surface area contributed by atoms with Gasteiger partial charge in [0.2, 0.25) is 10.0 Å². The molecule has 0 radical (unpaired) electrons. The maximum Gasteiger partial charge on any atom is 0.337 e. The van der Waals surface area contributed by atoms with Crippen molar-refractivity contribution < 1.29 is 18.3 Å². The molecule has 2 rings (SSSR count). The van der Waals surface area contributed by atoms with Gasteiger partial charge in [-0.2, -0.15) is 0 Å². The minimum absolute atomic E-state index is 0.0177. The lowest BCUT2D eigenvalue weighted by atomic mass is 9.83. The minimum atomic E-state index is -3.74. The zero-order valence-electron chi connectivity index (χ0n) is 11.1. The number of carboxylic acids is 1. The number of halogens is 2. The van der Waals surface area contributed by atoms with Crippen molar-refractivity contribution in [3.05, 3.63) is 27.2 Å². The molecular weight excluding hydrogens is 382 g/mol. The molecule has 0 saturated heterocycles. The summed E-state index contributed by atoms with van der Waals surface area (Å²) in [5.41, 5.74) is -0.245. The summed E-state index contributed by atoms with van der Waals surface area (Å²) in [6.07, 6.45) is 4.32. The standard InChI is InChI=1S/C13H15BrClNO4S/c14-11-7-9(6-10(12(11)15)13(17)18)21(19,20)16-5-4-8-2-1-3-8/h6-8,16H,1-5H2,(H,17,18). The van der Waals surface area contributed by atoms with Crippen molar-refractivity contribution in [2.75, 3.05) is 6.54 Å². The Kier molecular flexibility index (Phi) is 5.29. The molecule has 8 heteroatoms. The van der Waals surface area contributed by atoms with Gasteiger partial charge in [0.05, 0.1) is 15.5 Å². The molecule has 21 heavy (non-hydrogen) atoms. The highest BCUT2D eigenvalue weighted by Crippen LogP contribution is 2.31. The van der Waals surface area contributed by atoms with Crippen LogP contribution in [0, 0.1) is 5.92 Å². The number of nitrogens with one attached hydrogen (secondary N) is 1. The molecule has 1 aliphatic rings. The van der Waals surface area contributed by atoms with Crippen LogP contribution in [-0.4, -0.2) is 26.0 Å². The van der Waals surface area contributed by atoms with Crippen LogP contribution in [-0.2, 0) is 10.0 Å². The van der Waals surface area contributed by atoms with Crippen LogP contribution >= 0.6 is 27.5 Å². The predicted octanol–water partition coefficient (Wildman–Crippen LogP) is 3.27. The van der Waals surface area contributed by atoms with E-state index in [-0.39, 0.29) is 20.0 Å². The summed E-state index contributed by atoms with van der Waals surface area (Å²) in [7, 11) is -3.74. The largest absolute Gasteiger partial charge is 0.478 e. The fourth-order valence-electron chi connectivity index (χ4n) is 2.14. The van der Waals surface area contributed by atoms with E-state index >= 15 is 0 Å². The van der Waals surface area contributed by atoms with Crippen molar-refractivity contribution in [3.63, 3.8) is 0 Å². The van der Waals surface area contributed by atoms with Crippen LogP contribution in [0.1, 0.15) is 36.0 Å². The average Bonchev–Trinajstić information content (AvgIpc) is 2.35. The first-order chi connectivity index (χ1) is 9.81. The molecule has 0 unspecified atom stereocenters. The van der Waals surface area contributed by atoms with Crippen molar-refractivity contribution >= 4 is 43.5 Å². The molecule has 0 spiro atoms. The third kappa shape index (κ3) is 3.97. The lowest BCUT2D eigenvalue weighted by molar-refractivity contribution is 0.0696. The molecule has 0 aromatic heterocycles. The minimum Gasteiger partial charge on any atom is -0.478 e. The van der Waals surface area contributed by atoms with Crippen molar-refractivity contribution in [2.24, 2.45) is 5.92 Å². The van der Waals surface area contributed by atoms with E-state index in [2.05, 4.69) is 20.7 Å². The van der Waals surface area contributed by atoms with Gasteiger partial charge < -0.3 is 5.11 Å². The van der Waals surface area contributed by atoms with E-state index in [4.69, 9.17) is 16.7 Å². The quantitative estimate of drug-likeness (QED) is 0.773. The van der Waals surface area contributed by atoms with Crippen LogP contribution in [0.3, 0.4) is 0 Å². The van der Waals surface area contributed by atoms with Gasteiger partial charge in [-0.3, -0.25) is 0 Å². The molecule has 0 amide bonds. The first kappa shape index (κ1) is 16.7. The Bertz CT molecular complexity index is 658. The third-order valence-electron chi connectivity index (χ3n) is 3.61. The van der Waals surface area contributed by atoms with Gasteiger partial charge >= 0.3 is 5.97 Å². The Morgan fingerprint density at radius 3 is 2.62 bits per heavy atom. The van der Waals surface area contributed by atoms with Crippen LogP contribution in [0.4, 0.5) is 0 Å². The van der Waals surface area contributed by atoms with E-state index in [1.165, 1.54) is 12.5 Å². The second-order valence-corrected chi connectivity index (χ2v) is 8.05. The van der Waals surface area contributed by atoms with Gasteiger partial charge in [-0.1, -0.05) is 30.9 Å². The first-order valence-corrected chi connectivity index (χ1v) is 9.18. The summed E-state index contributed by atoms with van der Waals surface area (Å²) in [6.45, 7) is 0.357. The molecule has 0 heterocycles. The van der Waals surface area contributed by atoms with Gasteiger partial charge in [0.1, 0.15) is 0 Å². The SMILES string of the molecule is O=C(O)c1cc(S(=O)(=O)NCCC2CCC2)cc(Br)c1Cl. The van der Waals surface area contributed by atoms with Gasteiger partial charge in [-0.25, -0.2) is 17.9 Å². The summed E-state index contributed by atoms with van der Waals surface area (Å²) in [4.78, 5) is 11.0. The van der Waals surface area contributed by atoms with Crippen LogP contribution in [0.25, 0.3) is 0 Å². The number of aromatic carboxylic acids is 1. The molecule has 0 bridgehead atoms. The lowest BCUT2D eigenvalue weighted by Crippen LogP contribution is -2.27. The molecule has 1 saturated carbocycles. The summed E-state index contributed by atoms with van der Waals surface area (Å²) < 4.78 is 27.1. The van der Waals surface area contributed by atoms with Gasteiger partial charge in [-0.05, 0) is 40.4 Å². The molecule has 0 atom stereocenters. The average molecular weight is 397 g/mol. The summed E-state index contributed by atoms with van der Waals surface area (Å²) in [6, 6.07) is 2.38. The molecule has 1 aromatic rings. The van der Waals surface area contributed by atoms with E-state index in [1.54, 1.807) is 0 Å². The monoisotopic (exact) mass is 395 g/mol. The highest BCUT2D eigenvalue weighted by molar-refractivity contribution is 9.10. The maximum atomic E-state index is 12.2. The highest BCUT2D eigenvalue weighted by Gasteiger charge is 2.22. The van der Waals surface area contributed by atoms with E-state index < -0.39 is 16.0 Å². The van der Waals surface area contributed by atoms with E-state index in [0.29, 0.717) is 12.5 Å². The molecular formula is C13H15BrClNO4S. The van der Waals surface area contributed by atoms with Gasteiger partial charge in [-0.15, -0.1) is 0 Å². The Labute approximate surface area is 136 Å². The number of carbonyl (C=O) groups is 1. The number of rotatable bonds is 6. The molecule has 2 N–H and O–H groups in total. The number of hydrogen-bond donors (Lipinski definition) is 2. The van der Waals surface area contributed by atoms with Crippen molar-refractivity contribution in [2.45, 2.75) is 30.6 Å².